The molecule has 1 fully saturated rings. The summed E-state index contributed by atoms with van der Waals surface area (Å²) in [6.45, 7) is 8.39. The van der Waals surface area contributed by atoms with E-state index in [2.05, 4.69) is 27.9 Å². The number of hydrogen-bond donors (Lipinski definition) is 2. The molecule has 3 rings (SSSR count). The van der Waals surface area contributed by atoms with Gasteiger partial charge in [-0.25, -0.2) is 18.1 Å². The number of aromatic nitrogens is 2. The fourth-order valence-corrected chi connectivity index (χ4v) is 5.08. The van der Waals surface area contributed by atoms with Crippen molar-refractivity contribution in [2.75, 3.05) is 25.9 Å². The number of aryl methyl sites for hydroxylation is 2. The molecule has 2 aromatic rings. The minimum absolute atomic E-state index is 0.0363. The molecule has 0 amide bonds. The monoisotopic (exact) mass is 432 g/mol. The third-order valence-electron chi connectivity index (χ3n) is 5.24. The average Bonchev–Trinajstić information content (AvgIpc) is 3.30. The third-order valence-corrected chi connectivity index (χ3v) is 6.57. The first-order valence-corrected chi connectivity index (χ1v) is 12.2. The lowest BCUT2D eigenvalue weighted by atomic mass is 10.2. The minimum Gasteiger partial charge on any atom is -0.357 e. The van der Waals surface area contributed by atoms with Gasteiger partial charge in [-0.2, -0.15) is 9.40 Å². The predicted octanol–water partition coefficient (Wildman–Crippen LogP) is 1.97. The Labute approximate surface area is 179 Å². The fourth-order valence-electron chi connectivity index (χ4n) is 3.89. The number of nitrogens with one attached hydrogen (secondary N) is 2. The van der Waals surface area contributed by atoms with Gasteiger partial charge in [-0.3, -0.25) is 0 Å². The molecule has 1 aromatic heterocycles. The Hall–Kier alpha value is -2.39. The predicted molar refractivity (Wildman–Crippen MR) is 120 cm³/mol. The van der Waals surface area contributed by atoms with Gasteiger partial charge >= 0.3 is 0 Å². The van der Waals surface area contributed by atoms with E-state index in [1.807, 2.05) is 43.7 Å². The van der Waals surface area contributed by atoms with Crippen LogP contribution in [-0.2, 0) is 16.6 Å². The highest BCUT2D eigenvalue weighted by Gasteiger charge is 2.31. The van der Waals surface area contributed by atoms with Crippen LogP contribution in [0.25, 0.3) is 5.69 Å². The molecule has 0 saturated carbocycles. The summed E-state index contributed by atoms with van der Waals surface area (Å²) in [5.74, 6) is 0.682. The highest BCUT2D eigenvalue weighted by molar-refractivity contribution is 7.88. The van der Waals surface area contributed by atoms with Gasteiger partial charge in [0.15, 0.2) is 5.96 Å². The molecule has 30 heavy (non-hydrogen) atoms. The van der Waals surface area contributed by atoms with Crippen molar-refractivity contribution in [1.29, 1.82) is 0 Å². The lowest BCUT2D eigenvalue weighted by Gasteiger charge is -2.23. The molecule has 1 atom stereocenters. The van der Waals surface area contributed by atoms with Gasteiger partial charge in [-0.1, -0.05) is 18.2 Å². The zero-order chi connectivity index (χ0) is 21.7. The summed E-state index contributed by atoms with van der Waals surface area (Å²) in [6.07, 6.45) is 3.03. The number of sulfonamides is 1. The van der Waals surface area contributed by atoms with Crippen LogP contribution in [-0.4, -0.2) is 60.4 Å². The maximum atomic E-state index is 12.0. The van der Waals surface area contributed by atoms with Gasteiger partial charge in [0, 0.05) is 31.4 Å². The van der Waals surface area contributed by atoms with E-state index in [9.17, 15) is 8.42 Å². The summed E-state index contributed by atoms with van der Waals surface area (Å²) in [5.41, 5.74) is 4.14. The molecule has 1 aromatic carbocycles. The van der Waals surface area contributed by atoms with Crippen LogP contribution >= 0.6 is 0 Å². The van der Waals surface area contributed by atoms with Crippen molar-refractivity contribution in [3.63, 3.8) is 0 Å². The highest BCUT2D eigenvalue weighted by atomic mass is 32.2. The first-order chi connectivity index (χ1) is 14.3. The smallest absolute Gasteiger partial charge is 0.211 e. The van der Waals surface area contributed by atoms with Crippen LogP contribution in [0.15, 0.2) is 35.3 Å². The normalized spacial score (nSPS) is 18.0. The Kier molecular flexibility index (Phi) is 7.14. The summed E-state index contributed by atoms with van der Waals surface area (Å²) < 4.78 is 27.5. The van der Waals surface area contributed by atoms with E-state index in [-0.39, 0.29) is 6.04 Å². The van der Waals surface area contributed by atoms with Crippen LogP contribution in [0.1, 0.15) is 36.7 Å². The van der Waals surface area contributed by atoms with Crippen molar-refractivity contribution in [3.05, 3.63) is 47.3 Å². The van der Waals surface area contributed by atoms with E-state index >= 15 is 0 Å². The summed E-state index contributed by atoms with van der Waals surface area (Å²) >= 11 is 0. The molecule has 0 unspecified atom stereocenters. The molecule has 0 aliphatic carbocycles. The highest BCUT2D eigenvalue weighted by Crippen LogP contribution is 2.20. The largest absolute Gasteiger partial charge is 0.357 e. The van der Waals surface area contributed by atoms with Crippen molar-refractivity contribution >= 4 is 16.0 Å². The SMILES string of the molecule is CCNC(=NCc1ccccc1-n1nc(C)cc1C)NC[C@H]1CCCN1S(C)(=O)=O. The van der Waals surface area contributed by atoms with Crippen molar-refractivity contribution < 1.29 is 8.42 Å². The Morgan fingerprint density at radius 2 is 2.03 bits per heavy atom. The quantitative estimate of drug-likeness (QED) is 0.516. The number of hydrogen-bond acceptors (Lipinski definition) is 4. The molecule has 1 aliphatic rings. The third kappa shape index (κ3) is 5.40. The fraction of sp³-hybridized carbons (Fsp3) is 0.524. The van der Waals surface area contributed by atoms with Crippen molar-refractivity contribution in [3.8, 4) is 5.69 Å². The molecule has 8 nitrogen and oxygen atoms in total. The summed E-state index contributed by atoms with van der Waals surface area (Å²) in [6, 6.07) is 10.1. The van der Waals surface area contributed by atoms with Gasteiger partial charge < -0.3 is 10.6 Å². The Morgan fingerprint density at radius 1 is 1.27 bits per heavy atom. The van der Waals surface area contributed by atoms with E-state index in [4.69, 9.17) is 4.99 Å². The van der Waals surface area contributed by atoms with Gasteiger partial charge in [-0.15, -0.1) is 0 Å². The minimum atomic E-state index is -3.18. The topological polar surface area (TPSA) is 91.6 Å². The van der Waals surface area contributed by atoms with Crippen molar-refractivity contribution in [2.24, 2.45) is 4.99 Å². The van der Waals surface area contributed by atoms with E-state index < -0.39 is 10.0 Å². The zero-order valence-corrected chi connectivity index (χ0v) is 19.0. The second-order valence-corrected chi connectivity index (χ2v) is 9.65. The lowest BCUT2D eigenvalue weighted by Crippen LogP contribution is -2.46. The molecule has 2 N–H and O–H groups in total. The maximum Gasteiger partial charge on any atom is 0.211 e. The average molecular weight is 433 g/mol. The molecule has 1 aliphatic heterocycles. The summed E-state index contributed by atoms with van der Waals surface area (Å²) in [5, 5.41) is 11.2. The zero-order valence-electron chi connectivity index (χ0n) is 18.2. The van der Waals surface area contributed by atoms with E-state index in [0.717, 1.165) is 42.0 Å². The van der Waals surface area contributed by atoms with Crippen molar-refractivity contribution in [1.82, 2.24) is 24.7 Å². The molecule has 0 bridgehead atoms. The van der Waals surface area contributed by atoms with Gasteiger partial charge in [0.25, 0.3) is 0 Å². The summed E-state index contributed by atoms with van der Waals surface area (Å²) in [4.78, 5) is 4.74. The number of nitrogens with zero attached hydrogens (tertiary/aromatic N) is 4. The Bertz CT molecular complexity index is 999. The number of rotatable bonds is 7. The van der Waals surface area contributed by atoms with Crippen molar-refractivity contribution in [2.45, 2.75) is 46.2 Å². The summed E-state index contributed by atoms with van der Waals surface area (Å²) in [7, 11) is -3.18. The Balaban J connectivity index is 1.74. The second-order valence-electron chi connectivity index (χ2n) is 7.71. The van der Waals surface area contributed by atoms with Crippen LogP contribution in [0.3, 0.4) is 0 Å². The molecular weight excluding hydrogens is 400 g/mol. The number of para-hydroxylation sites is 1. The lowest BCUT2D eigenvalue weighted by molar-refractivity contribution is 0.387. The number of benzene rings is 1. The van der Waals surface area contributed by atoms with Crippen LogP contribution in [0.2, 0.25) is 0 Å². The number of aliphatic imine (C=N–C) groups is 1. The van der Waals surface area contributed by atoms with Crippen LogP contribution in [0.5, 0.6) is 0 Å². The first kappa shape index (κ1) is 22.3. The van der Waals surface area contributed by atoms with Gasteiger partial charge in [-0.05, 0) is 51.3 Å². The molecule has 2 heterocycles. The first-order valence-electron chi connectivity index (χ1n) is 10.4. The van der Waals surface area contributed by atoms with E-state index in [0.29, 0.717) is 25.6 Å². The number of guanidine groups is 1. The Morgan fingerprint density at radius 3 is 2.70 bits per heavy atom. The van der Waals surface area contributed by atoms with Gasteiger partial charge in [0.1, 0.15) is 0 Å². The van der Waals surface area contributed by atoms with Crippen LogP contribution in [0.4, 0.5) is 0 Å². The van der Waals surface area contributed by atoms with E-state index in [1.165, 1.54) is 6.26 Å². The molecule has 1 saturated heterocycles. The molecule has 164 valence electrons. The van der Waals surface area contributed by atoms with Gasteiger partial charge in [0.05, 0.1) is 24.2 Å². The molecule has 0 radical (unpaired) electrons. The van der Waals surface area contributed by atoms with Gasteiger partial charge in [0.2, 0.25) is 10.0 Å². The molecular formula is C21H32N6O2S. The molecule has 0 spiro atoms. The standard InChI is InChI=1S/C21H32N6O2S/c1-5-22-21(24-15-19-10-8-12-26(19)30(4,28)29)23-14-18-9-6-7-11-20(18)27-17(3)13-16(2)25-27/h6-7,9,11,13,19H,5,8,10,12,14-15H2,1-4H3,(H2,22,23,24)/t19-/m1/s1. The van der Waals surface area contributed by atoms with E-state index in [1.54, 1.807) is 4.31 Å². The second kappa shape index (κ2) is 9.61. The van der Waals surface area contributed by atoms with Crippen LogP contribution in [0, 0.1) is 13.8 Å². The molecule has 9 heteroatoms. The van der Waals surface area contributed by atoms with Crippen LogP contribution < -0.4 is 10.6 Å². The maximum absolute atomic E-state index is 12.0.